The summed E-state index contributed by atoms with van der Waals surface area (Å²) in [6, 6.07) is 5.23. The standard InChI is InChI=1S/C23H30N6O3S/c1-4-31-18-9-8-16(14-19(18)32-5-2)22(30)24-10-13-29-21-17(15-25-29)20(26-23(27-21)33-3)28-11-6-7-12-28/h8-9,14-15H,4-7,10-13H2,1-3H3,(H,24,30). The highest BCUT2D eigenvalue weighted by atomic mass is 32.2. The van der Waals surface area contributed by atoms with E-state index >= 15 is 0 Å². The molecular weight excluding hydrogens is 440 g/mol. The van der Waals surface area contributed by atoms with Crippen LogP contribution in [-0.2, 0) is 6.54 Å². The van der Waals surface area contributed by atoms with E-state index < -0.39 is 0 Å². The fourth-order valence-electron chi connectivity index (χ4n) is 3.92. The monoisotopic (exact) mass is 470 g/mol. The van der Waals surface area contributed by atoms with Crippen molar-refractivity contribution in [2.45, 2.75) is 38.4 Å². The van der Waals surface area contributed by atoms with Crippen LogP contribution in [0.1, 0.15) is 37.0 Å². The van der Waals surface area contributed by atoms with Gasteiger partial charge < -0.3 is 19.7 Å². The Hall–Kier alpha value is -3.01. The van der Waals surface area contributed by atoms with Crippen molar-refractivity contribution in [3.8, 4) is 11.5 Å². The zero-order valence-electron chi connectivity index (χ0n) is 19.3. The maximum Gasteiger partial charge on any atom is 0.251 e. The van der Waals surface area contributed by atoms with Crippen LogP contribution in [0, 0.1) is 0 Å². The first-order chi connectivity index (χ1) is 16.1. The van der Waals surface area contributed by atoms with Gasteiger partial charge in [0.25, 0.3) is 5.91 Å². The van der Waals surface area contributed by atoms with Gasteiger partial charge in [-0.15, -0.1) is 0 Å². The maximum atomic E-state index is 12.7. The molecule has 0 atom stereocenters. The highest BCUT2D eigenvalue weighted by Crippen LogP contribution is 2.29. The van der Waals surface area contributed by atoms with Crippen LogP contribution in [0.2, 0.25) is 0 Å². The smallest absolute Gasteiger partial charge is 0.251 e. The third kappa shape index (κ3) is 5.16. The molecule has 33 heavy (non-hydrogen) atoms. The fraction of sp³-hybridized carbons (Fsp3) is 0.478. The van der Waals surface area contributed by atoms with Crippen molar-refractivity contribution in [1.29, 1.82) is 0 Å². The summed E-state index contributed by atoms with van der Waals surface area (Å²) in [4.78, 5) is 24.4. The number of benzene rings is 1. The van der Waals surface area contributed by atoms with Crippen LogP contribution in [-0.4, -0.2) is 64.8 Å². The maximum absolute atomic E-state index is 12.7. The molecule has 1 amide bonds. The highest BCUT2D eigenvalue weighted by molar-refractivity contribution is 7.98. The predicted octanol–water partition coefficient (Wildman–Crippen LogP) is 3.38. The highest BCUT2D eigenvalue weighted by Gasteiger charge is 2.20. The molecular formula is C23H30N6O3S. The predicted molar refractivity (Wildman–Crippen MR) is 130 cm³/mol. The van der Waals surface area contributed by atoms with E-state index in [0.717, 1.165) is 35.1 Å². The number of nitrogens with one attached hydrogen (secondary N) is 1. The Morgan fingerprint density at radius 3 is 2.61 bits per heavy atom. The van der Waals surface area contributed by atoms with Crippen molar-refractivity contribution in [3.63, 3.8) is 0 Å². The molecule has 1 saturated heterocycles. The molecule has 9 nitrogen and oxygen atoms in total. The summed E-state index contributed by atoms with van der Waals surface area (Å²) in [5.41, 5.74) is 1.32. The molecule has 0 radical (unpaired) electrons. The topological polar surface area (TPSA) is 94.4 Å². The van der Waals surface area contributed by atoms with E-state index in [1.807, 2.05) is 31.0 Å². The minimum Gasteiger partial charge on any atom is -0.490 e. The van der Waals surface area contributed by atoms with Gasteiger partial charge in [-0.2, -0.15) is 5.10 Å². The molecule has 0 aliphatic carbocycles. The summed E-state index contributed by atoms with van der Waals surface area (Å²) < 4.78 is 13.0. The van der Waals surface area contributed by atoms with Crippen molar-refractivity contribution >= 4 is 34.5 Å². The zero-order chi connectivity index (χ0) is 23.2. The summed E-state index contributed by atoms with van der Waals surface area (Å²) >= 11 is 1.52. The average molecular weight is 471 g/mol. The number of rotatable bonds is 10. The Bertz CT molecular complexity index is 1110. The van der Waals surface area contributed by atoms with Crippen LogP contribution in [0.25, 0.3) is 11.0 Å². The first-order valence-electron chi connectivity index (χ1n) is 11.3. The first-order valence-corrected chi connectivity index (χ1v) is 12.6. The van der Waals surface area contributed by atoms with E-state index in [4.69, 9.17) is 14.5 Å². The second kappa shape index (κ2) is 10.7. The van der Waals surface area contributed by atoms with Crippen LogP contribution < -0.4 is 19.7 Å². The lowest BCUT2D eigenvalue weighted by Crippen LogP contribution is -2.27. The number of nitrogens with zero attached hydrogens (tertiary/aromatic N) is 5. The third-order valence-electron chi connectivity index (χ3n) is 5.46. The molecule has 2 aromatic heterocycles. The Kier molecular flexibility index (Phi) is 7.54. The Morgan fingerprint density at radius 2 is 1.88 bits per heavy atom. The Morgan fingerprint density at radius 1 is 1.12 bits per heavy atom. The second-order valence-electron chi connectivity index (χ2n) is 7.62. The van der Waals surface area contributed by atoms with Gasteiger partial charge in [0.15, 0.2) is 22.3 Å². The van der Waals surface area contributed by atoms with Gasteiger partial charge in [0.1, 0.15) is 5.82 Å². The molecule has 0 spiro atoms. The molecule has 1 aliphatic rings. The summed E-state index contributed by atoms with van der Waals surface area (Å²) in [5.74, 6) is 1.99. The van der Waals surface area contributed by atoms with Gasteiger partial charge in [-0.1, -0.05) is 11.8 Å². The minimum atomic E-state index is -0.173. The molecule has 1 fully saturated rings. The number of anilines is 1. The number of aromatic nitrogens is 4. The molecule has 4 rings (SSSR count). The molecule has 10 heteroatoms. The van der Waals surface area contributed by atoms with Gasteiger partial charge in [-0.05, 0) is 51.1 Å². The molecule has 1 N–H and O–H groups in total. The minimum absolute atomic E-state index is 0.173. The molecule has 1 aromatic carbocycles. The van der Waals surface area contributed by atoms with Gasteiger partial charge in [0.05, 0.1) is 31.3 Å². The number of amides is 1. The molecule has 0 bridgehead atoms. The van der Waals surface area contributed by atoms with E-state index in [1.165, 1.54) is 24.6 Å². The SMILES string of the molecule is CCOc1ccc(C(=O)NCCn2ncc3c(N4CCCC4)nc(SC)nc32)cc1OCC. The number of ether oxygens (including phenoxy) is 2. The quantitative estimate of drug-likeness (QED) is 0.356. The van der Waals surface area contributed by atoms with Crippen molar-refractivity contribution in [1.82, 2.24) is 25.1 Å². The number of hydrogen-bond donors (Lipinski definition) is 1. The zero-order valence-corrected chi connectivity index (χ0v) is 20.2. The largest absolute Gasteiger partial charge is 0.490 e. The lowest BCUT2D eigenvalue weighted by molar-refractivity contribution is 0.0951. The van der Waals surface area contributed by atoms with Crippen LogP contribution in [0.5, 0.6) is 11.5 Å². The lowest BCUT2D eigenvalue weighted by atomic mass is 10.2. The number of thioether (sulfide) groups is 1. The summed E-state index contributed by atoms with van der Waals surface area (Å²) in [6.07, 6.45) is 6.16. The number of carbonyl (C=O) groups excluding carboxylic acids is 1. The molecule has 3 aromatic rings. The van der Waals surface area contributed by atoms with Crippen molar-refractivity contribution in [2.24, 2.45) is 0 Å². The third-order valence-corrected chi connectivity index (χ3v) is 6.01. The molecule has 0 saturated carbocycles. The molecule has 3 heterocycles. The second-order valence-corrected chi connectivity index (χ2v) is 8.39. The number of fused-ring (bicyclic) bond motifs is 1. The van der Waals surface area contributed by atoms with E-state index in [1.54, 1.807) is 18.2 Å². The van der Waals surface area contributed by atoms with Gasteiger partial charge in [-0.25, -0.2) is 14.6 Å². The van der Waals surface area contributed by atoms with Gasteiger partial charge in [0, 0.05) is 25.2 Å². The van der Waals surface area contributed by atoms with E-state index in [0.29, 0.717) is 43.4 Å². The number of carbonyl (C=O) groups is 1. The van der Waals surface area contributed by atoms with Gasteiger partial charge in [-0.3, -0.25) is 4.79 Å². The molecule has 0 unspecified atom stereocenters. The van der Waals surface area contributed by atoms with E-state index in [9.17, 15) is 4.79 Å². The summed E-state index contributed by atoms with van der Waals surface area (Å²) in [6.45, 7) is 7.79. The van der Waals surface area contributed by atoms with E-state index in [2.05, 4.69) is 20.3 Å². The van der Waals surface area contributed by atoms with Crippen molar-refractivity contribution in [2.75, 3.05) is 44.0 Å². The Balaban J connectivity index is 1.46. The fourth-order valence-corrected chi connectivity index (χ4v) is 4.27. The van der Waals surface area contributed by atoms with Crippen molar-refractivity contribution in [3.05, 3.63) is 30.0 Å². The van der Waals surface area contributed by atoms with Gasteiger partial charge >= 0.3 is 0 Å². The molecule has 1 aliphatic heterocycles. The van der Waals surface area contributed by atoms with Crippen molar-refractivity contribution < 1.29 is 14.3 Å². The molecule has 176 valence electrons. The summed E-state index contributed by atoms with van der Waals surface area (Å²) in [7, 11) is 0. The van der Waals surface area contributed by atoms with E-state index in [-0.39, 0.29) is 5.91 Å². The summed E-state index contributed by atoms with van der Waals surface area (Å²) in [5, 5.41) is 9.18. The van der Waals surface area contributed by atoms with Crippen LogP contribution >= 0.6 is 11.8 Å². The number of hydrogen-bond acceptors (Lipinski definition) is 8. The Labute approximate surface area is 197 Å². The lowest BCUT2D eigenvalue weighted by Gasteiger charge is -2.17. The average Bonchev–Trinajstić information content (AvgIpc) is 3.50. The van der Waals surface area contributed by atoms with Crippen LogP contribution in [0.3, 0.4) is 0 Å². The van der Waals surface area contributed by atoms with Gasteiger partial charge in [0.2, 0.25) is 0 Å². The first kappa shape index (κ1) is 23.2. The normalized spacial score (nSPS) is 13.5. The van der Waals surface area contributed by atoms with Crippen LogP contribution in [0.15, 0.2) is 29.6 Å². The van der Waals surface area contributed by atoms with Crippen LogP contribution in [0.4, 0.5) is 5.82 Å².